The molecule has 0 saturated heterocycles. The number of methoxy groups -OCH3 is 1. The van der Waals surface area contributed by atoms with Crippen LogP contribution in [0.2, 0.25) is 0 Å². The molecule has 0 spiro atoms. The Morgan fingerprint density at radius 2 is 1.88 bits per heavy atom. The molecule has 2 heterocycles. The summed E-state index contributed by atoms with van der Waals surface area (Å²) in [5.74, 6) is -3.59. The van der Waals surface area contributed by atoms with Crippen LogP contribution in [0, 0.1) is 5.41 Å². The minimum atomic E-state index is -1.42. The topological polar surface area (TPSA) is 286 Å². The van der Waals surface area contributed by atoms with Gasteiger partial charge in [-0.25, -0.2) is 4.79 Å². The van der Waals surface area contributed by atoms with Crippen LogP contribution in [0.4, 0.5) is 0 Å². The highest BCUT2D eigenvalue weighted by Gasteiger charge is 2.38. The monoisotopic (exact) mass is 611 g/mol. The lowest BCUT2D eigenvalue weighted by Gasteiger charge is -2.13. The van der Waals surface area contributed by atoms with Gasteiger partial charge in [-0.1, -0.05) is 0 Å². The molecule has 1 aromatic heterocycles. The van der Waals surface area contributed by atoms with Gasteiger partial charge in [-0.05, 0) is 30.2 Å². The smallest absolute Gasteiger partial charge is 0.377 e. The number of carbonyl (C=O) groups is 5. The van der Waals surface area contributed by atoms with Crippen molar-refractivity contribution in [2.24, 2.45) is 5.73 Å². The predicted molar refractivity (Wildman–Crippen MR) is 151 cm³/mol. The van der Waals surface area contributed by atoms with Crippen LogP contribution < -0.4 is 15.8 Å². The van der Waals surface area contributed by atoms with Crippen molar-refractivity contribution in [1.82, 2.24) is 15.2 Å². The van der Waals surface area contributed by atoms with Crippen LogP contribution in [-0.4, -0.2) is 117 Å². The van der Waals surface area contributed by atoms with Crippen LogP contribution in [0.25, 0.3) is 10.9 Å². The molecule has 2 aromatic rings. The Hall–Kier alpha value is -5.16. The van der Waals surface area contributed by atoms with Crippen LogP contribution in [-0.2, 0) is 35.1 Å². The molecular formula is C26H37N5O12. The van der Waals surface area contributed by atoms with E-state index < -0.39 is 48.1 Å². The molecule has 10 N–H and O–H groups in total. The first kappa shape index (κ1) is 37.8. The van der Waals surface area contributed by atoms with Crippen molar-refractivity contribution in [2.45, 2.75) is 32.5 Å². The van der Waals surface area contributed by atoms with E-state index in [1.807, 2.05) is 24.4 Å². The Balaban J connectivity index is 0.000000596. The van der Waals surface area contributed by atoms with Crippen LogP contribution in [0.3, 0.4) is 0 Å². The number of hydrogen-bond acceptors (Lipinski definition) is 12. The number of likely N-dealkylation sites (N-methyl/N-ethyl adjacent to an activating group) is 1. The summed E-state index contributed by atoms with van der Waals surface area (Å²) in [4.78, 5) is 54.2. The van der Waals surface area contributed by atoms with E-state index in [-0.39, 0.29) is 24.7 Å². The fourth-order valence-electron chi connectivity index (χ4n) is 2.98. The third-order valence-electron chi connectivity index (χ3n) is 5.17. The van der Waals surface area contributed by atoms with Gasteiger partial charge in [-0.3, -0.25) is 24.6 Å². The third kappa shape index (κ3) is 13.8. The van der Waals surface area contributed by atoms with Crippen molar-refractivity contribution in [1.29, 1.82) is 5.41 Å². The Bertz CT molecular complexity index is 1310. The number of aromatic amines is 1. The molecule has 1 aromatic carbocycles. The van der Waals surface area contributed by atoms with E-state index in [4.69, 9.17) is 46.2 Å². The molecule has 0 radical (unpaired) electrons. The maximum absolute atomic E-state index is 10.8. The van der Waals surface area contributed by atoms with Crippen molar-refractivity contribution in [3.05, 3.63) is 41.5 Å². The van der Waals surface area contributed by atoms with Gasteiger partial charge in [0.2, 0.25) is 11.7 Å². The number of benzene rings is 1. The number of amides is 1. The first-order chi connectivity index (χ1) is 20.1. The zero-order valence-electron chi connectivity index (χ0n) is 24.0. The molecule has 17 heteroatoms. The lowest BCUT2D eigenvalue weighted by molar-refractivity contribution is -0.147. The quantitative estimate of drug-likeness (QED) is 0.0547. The second kappa shape index (κ2) is 19.1. The molecule has 0 fully saturated rings. The van der Waals surface area contributed by atoms with E-state index in [2.05, 4.69) is 15.0 Å². The number of esters is 1. The van der Waals surface area contributed by atoms with Gasteiger partial charge in [0.15, 0.2) is 29.9 Å². The third-order valence-corrected chi connectivity index (χ3v) is 5.17. The number of carboxylic acids is 1. The van der Waals surface area contributed by atoms with Crippen molar-refractivity contribution in [3.8, 4) is 5.75 Å². The number of nitrogens with one attached hydrogen (secondary N) is 3. The largest absolute Gasteiger partial charge is 0.505 e. The number of cyclic esters (lactones) is 1. The Morgan fingerprint density at radius 1 is 1.28 bits per heavy atom. The number of nitrogens with zero attached hydrogens (tertiary/aromatic N) is 1. The molecule has 17 nitrogen and oxygen atoms in total. The molecule has 2 atom stereocenters. The standard InChI is InChI=1S/C13H16N2O2.C6H8O6.C4H9N3O2.C3H4O2/c1-9(16)14-6-5-10-8-15-13-4-3-11(17-2)7-12(10)13;7-1-2(8)5-3(9)4(10)6(11)12-5;1-7(4(5)6)2-3(8)9;1-3(5)2-4/h3-4,7-8,15H,5-6H2,1-2H3,(H,14,16);2,5,7-10H,1H2;2H2,1H3,(H3,5,6)(H,8,9);2H,1H3/t;2-,5+;;/m.0../s1. The lowest BCUT2D eigenvalue weighted by Crippen LogP contribution is -2.36. The normalized spacial score (nSPS) is 13.9. The molecule has 0 unspecified atom stereocenters. The molecule has 0 aliphatic carbocycles. The van der Waals surface area contributed by atoms with Gasteiger partial charge in [-0.2, -0.15) is 0 Å². The summed E-state index contributed by atoms with van der Waals surface area (Å²) in [5.41, 5.74) is 7.20. The van der Waals surface area contributed by atoms with E-state index in [0.29, 0.717) is 6.54 Å². The number of carbonyl (C=O) groups excluding carboxylic acids is 4. The number of H-pyrrole nitrogens is 1. The molecule has 1 aliphatic heterocycles. The summed E-state index contributed by atoms with van der Waals surface area (Å²) < 4.78 is 9.52. The number of nitrogens with two attached hydrogens (primary N) is 1. The Labute approximate surface area is 246 Å². The summed E-state index contributed by atoms with van der Waals surface area (Å²) in [7, 11) is 3.10. The number of aliphatic carboxylic acids is 1. The molecule has 0 saturated carbocycles. The maximum atomic E-state index is 10.8. The summed E-state index contributed by atoms with van der Waals surface area (Å²) in [6.45, 7) is 2.50. The second-order valence-corrected chi connectivity index (χ2v) is 8.63. The van der Waals surface area contributed by atoms with E-state index in [9.17, 15) is 19.2 Å². The van der Waals surface area contributed by atoms with Gasteiger partial charge < -0.3 is 55.9 Å². The maximum Gasteiger partial charge on any atom is 0.377 e. The lowest BCUT2D eigenvalue weighted by atomic mass is 10.1. The number of Topliss-reactive ketones (excluding diaryl/α,β-unsaturated/α-hetero) is 1. The van der Waals surface area contributed by atoms with Crippen LogP contribution in [0.15, 0.2) is 35.9 Å². The van der Waals surface area contributed by atoms with Crippen molar-refractivity contribution in [3.63, 3.8) is 0 Å². The van der Waals surface area contributed by atoms with Gasteiger partial charge >= 0.3 is 11.9 Å². The number of carboxylic acid groups (broad SMARTS) is 1. The molecule has 1 aliphatic rings. The minimum Gasteiger partial charge on any atom is -0.505 e. The van der Waals surface area contributed by atoms with E-state index in [1.165, 1.54) is 26.5 Å². The number of aldehydes is 1. The molecule has 3 rings (SSSR count). The Morgan fingerprint density at radius 3 is 2.28 bits per heavy atom. The first-order valence-corrected chi connectivity index (χ1v) is 12.3. The zero-order chi connectivity index (χ0) is 33.3. The van der Waals surface area contributed by atoms with Gasteiger partial charge in [0.25, 0.3) is 0 Å². The fraction of sp³-hybridized carbons (Fsp3) is 0.385. The SMILES string of the molecule is CC(=O)C=O.CN(CC(=O)O)C(=N)N.COc1ccc2[nH]cc(CCNC(C)=O)c2c1.O=C1O[C@H]([C@@H](O)CO)C(O)=C1O. The molecular weight excluding hydrogens is 574 g/mol. The van der Waals surface area contributed by atoms with E-state index in [0.717, 1.165) is 28.0 Å². The summed E-state index contributed by atoms with van der Waals surface area (Å²) in [5, 5.41) is 53.9. The highest BCUT2D eigenvalue weighted by molar-refractivity contribution is 6.23. The number of rotatable bonds is 9. The van der Waals surface area contributed by atoms with Crippen LogP contribution in [0.5, 0.6) is 5.75 Å². The van der Waals surface area contributed by atoms with Crippen LogP contribution in [0.1, 0.15) is 19.4 Å². The molecule has 238 valence electrons. The number of aliphatic hydroxyl groups excluding tert-OH is 4. The summed E-state index contributed by atoms with van der Waals surface area (Å²) in [6, 6.07) is 5.93. The molecule has 43 heavy (non-hydrogen) atoms. The predicted octanol–water partition coefficient (Wildman–Crippen LogP) is -0.882. The summed E-state index contributed by atoms with van der Waals surface area (Å²) >= 11 is 0. The number of hydrogen-bond donors (Lipinski definition) is 9. The highest BCUT2D eigenvalue weighted by Crippen LogP contribution is 2.24. The van der Waals surface area contributed by atoms with Crippen molar-refractivity contribution < 1.29 is 59.0 Å². The first-order valence-electron chi connectivity index (χ1n) is 12.3. The van der Waals surface area contributed by atoms with Gasteiger partial charge in [0.1, 0.15) is 18.4 Å². The zero-order valence-corrected chi connectivity index (χ0v) is 24.0. The number of fused-ring (bicyclic) bond motifs is 1. The fourth-order valence-corrected chi connectivity index (χ4v) is 2.98. The number of ketones is 1. The summed E-state index contributed by atoms with van der Waals surface area (Å²) in [6.07, 6.45) is 0.291. The Kier molecular flexibility index (Phi) is 16.8. The average molecular weight is 612 g/mol. The number of aliphatic hydroxyl groups is 4. The number of guanidine groups is 1. The molecule has 1 amide bonds. The van der Waals surface area contributed by atoms with Crippen LogP contribution >= 0.6 is 0 Å². The average Bonchev–Trinajstić information content (AvgIpc) is 3.47. The minimum absolute atomic E-state index is 0.00224. The number of aromatic nitrogens is 1. The van der Waals surface area contributed by atoms with Crippen molar-refractivity contribution in [2.75, 3.05) is 33.9 Å². The van der Waals surface area contributed by atoms with E-state index in [1.54, 1.807) is 7.11 Å². The highest BCUT2D eigenvalue weighted by atomic mass is 16.6. The van der Waals surface area contributed by atoms with Crippen molar-refractivity contribution >= 4 is 46.8 Å². The van der Waals surface area contributed by atoms with Gasteiger partial charge in [0.05, 0.1) is 13.7 Å². The van der Waals surface area contributed by atoms with E-state index >= 15 is 0 Å². The molecule has 0 bridgehead atoms. The second-order valence-electron chi connectivity index (χ2n) is 8.63. The van der Waals surface area contributed by atoms with Gasteiger partial charge in [-0.15, -0.1) is 0 Å². The van der Waals surface area contributed by atoms with Gasteiger partial charge in [0, 0.05) is 44.5 Å². The number of ether oxygens (including phenoxy) is 2.